The van der Waals surface area contributed by atoms with Crippen LogP contribution in [-0.2, 0) is 9.05 Å². The van der Waals surface area contributed by atoms with E-state index in [1.165, 1.54) is 0 Å². The van der Waals surface area contributed by atoms with Crippen LogP contribution in [0.1, 0.15) is 10.4 Å². The lowest BCUT2D eigenvalue weighted by molar-refractivity contribution is -0.388. The molecule has 0 radical (unpaired) electrons. The Bertz CT molecular complexity index is 582. The van der Waals surface area contributed by atoms with Crippen LogP contribution in [0, 0.1) is 10.1 Å². The monoisotopic (exact) mass is 279 g/mol. The summed E-state index contributed by atoms with van der Waals surface area (Å²) in [5, 5.41) is 10.8. The molecule has 0 aliphatic rings. The van der Waals surface area contributed by atoms with E-state index in [0.29, 0.717) is 6.29 Å². The normalized spacial score (nSPS) is 10.9. The van der Waals surface area contributed by atoms with Gasteiger partial charge in [-0.1, -0.05) is 0 Å². The molecule has 0 atom stereocenters. The van der Waals surface area contributed by atoms with E-state index < -0.39 is 24.6 Å². The second-order valence-electron chi connectivity index (χ2n) is 2.88. The maximum Gasteiger partial charge on any atom is 0.330 e. The fourth-order valence-electron chi connectivity index (χ4n) is 1.19. The van der Waals surface area contributed by atoms with E-state index in [1.54, 1.807) is 0 Å². The smallest absolute Gasteiger partial charge is 0.330 e. The second-order valence-corrected chi connectivity index (χ2v) is 5.42. The van der Waals surface area contributed by atoms with Gasteiger partial charge in [0, 0.05) is 16.2 Å². The van der Waals surface area contributed by atoms with E-state index in [2.05, 4.69) is 4.74 Å². The number of ether oxygens (including phenoxy) is 1. The van der Waals surface area contributed by atoms with Crippen LogP contribution < -0.4 is 4.74 Å². The lowest BCUT2D eigenvalue weighted by atomic mass is 10.2. The Morgan fingerprint density at radius 3 is 2.41 bits per heavy atom. The average Bonchev–Trinajstić information content (AvgIpc) is 2.25. The summed E-state index contributed by atoms with van der Waals surface area (Å²) in [6.07, 6.45) is 0.331. The number of benzene rings is 1. The van der Waals surface area contributed by atoms with Gasteiger partial charge >= 0.3 is 5.69 Å². The van der Waals surface area contributed by atoms with E-state index in [9.17, 15) is 23.3 Å². The van der Waals surface area contributed by atoms with Crippen molar-refractivity contribution in [1.82, 2.24) is 0 Å². The van der Waals surface area contributed by atoms with E-state index in [4.69, 9.17) is 10.7 Å². The number of halogens is 1. The summed E-state index contributed by atoms with van der Waals surface area (Å²) in [6.45, 7) is 0. The molecule has 9 heteroatoms. The average molecular weight is 280 g/mol. The van der Waals surface area contributed by atoms with Crippen molar-refractivity contribution in [3.63, 3.8) is 0 Å². The number of nitro groups is 1. The van der Waals surface area contributed by atoms with Crippen LogP contribution in [0.4, 0.5) is 5.69 Å². The fourth-order valence-corrected chi connectivity index (χ4v) is 2.23. The zero-order chi connectivity index (χ0) is 13.2. The minimum absolute atomic E-state index is 0.0910. The molecule has 7 nitrogen and oxygen atoms in total. The Morgan fingerprint density at radius 2 is 2.06 bits per heavy atom. The van der Waals surface area contributed by atoms with Crippen LogP contribution in [0.2, 0.25) is 0 Å². The van der Waals surface area contributed by atoms with Crippen molar-refractivity contribution in [3.05, 3.63) is 27.8 Å². The molecule has 0 saturated heterocycles. The van der Waals surface area contributed by atoms with Crippen molar-refractivity contribution in [2.45, 2.75) is 4.90 Å². The van der Waals surface area contributed by atoms with Gasteiger partial charge in [0.05, 0.1) is 12.0 Å². The summed E-state index contributed by atoms with van der Waals surface area (Å²) in [5.74, 6) is -0.348. The van der Waals surface area contributed by atoms with Crippen molar-refractivity contribution in [2.24, 2.45) is 0 Å². The Morgan fingerprint density at radius 1 is 1.47 bits per heavy atom. The van der Waals surface area contributed by atoms with Crippen molar-refractivity contribution in [2.75, 3.05) is 7.11 Å². The van der Waals surface area contributed by atoms with Gasteiger partial charge in [0.2, 0.25) is 0 Å². The third-order valence-corrected chi connectivity index (χ3v) is 3.20. The molecule has 0 bridgehead atoms. The van der Waals surface area contributed by atoms with Crippen molar-refractivity contribution in [1.29, 1.82) is 0 Å². The minimum atomic E-state index is -4.35. The zero-order valence-corrected chi connectivity index (χ0v) is 9.99. The largest absolute Gasteiger partial charge is 0.490 e. The number of hydrogen-bond donors (Lipinski definition) is 0. The number of aldehydes is 1. The highest BCUT2D eigenvalue weighted by Gasteiger charge is 2.29. The number of nitro benzene ring substituents is 1. The molecule has 1 aromatic rings. The van der Waals surface area contributed by atoms with Crippen LogP contribution >= 0.6 is 10.7 Å². The summed E-state index contributed by atoms with van der Waals surface area (Å²) in [4.78, 5) is 19.6. The number of nitrogens with zero attached hydrogens (tertiary/aromatic N) is 1. The maximum atomic E-state index is 11.2. The number of rotatable bonds is 4. The first-order chi connectivity index (χ1) is 7.81. The van der Waals surface area contributed by atoms with Crippen LogP contribution in [-0.4, -0.2) is 26.7 Å². The highest BCUT2D eigenvalue weighted by Crippen LogP contribution is 2.36. The van der Waals surface area contributed by atoms with Gasteiger partial charge in [0.1, 0.15) is 6.29 Å². The van der Waals surface area contributed by atoms with Crippen LogP contribution in [0.5, 0.6) is 5.75 Å². The minimum Gasteiger partial charge on any atom is -0.490 e. The van der Waals surface area contributed by atoms with E-state index in [1.807, 2.05) is 0 Å². The standard InChI is InChI=1S/C8H6ClNO6S/c1-16-6-2-5(4-11)3-7(17(9,14)15)8(6)10(12)13/h2-4H,1H3. The Hall–Kier alpha value is -1.67. The van der Waals surface area contributed by atoms with Gasteiger partial charge in [-0.2, -0.15) is 0 Å². The van der Waals surface area contributed by atoms with Crippen LogP contribution in [0.25, 0.3) is 0 Å². The third kappa shape index (κ3) is 2.71. The molecule has 0 amide bonds. The number of hydrogen-bond acceptors (Lipinski definition) is 6. The molecule has 0 aliphatic heterocycles. The third-order valence-electron chi connectivity index (χ3n) is 1.86. The van der Waals surface area contributed by atoms with Crippen molar-refractivity contribution < 1.29 is 22.9 Å². The van der Waals surface area contributed by atoms with Gasteiger partial charge in [-0.25, -0.2) is 8.42 Å². The van der Waals surface area contributed by atoms with Gasteiger partial charge in [-0.3, -0.25) is 14.9 Å². The van der Waals surface area contributed by atoms with Gasteiger partial charge in [-0.05, 0) is 12.1 Å². The van der Waals surface area contributed by atoms with Crippen LogP contribution in [0.3, 0.4) is 0 Å². The summed E-state index contributed by atoms with van der Waals surface area (Å²) in [7, 11) is 1.82. The number of methoxy groups -OCH3 is 1. The Balaban J connectivity index is 3.76. The molecular weight excluding hydrogens is 274 g/mol. The molecule has 0 unspecified atom stereocenters. The van der Waals surface area contributed by atoms with Gasteiger partial charge in [0.25, 0.3) is 9.05 Å². The molecule has 0 saturated carbocycles. The fraction of sp³-hybridized carbons (Fsp3) is 0.125. The summed E-state index contributed by atoms with van der Waals surface area (Å²) >= 11 is 0. The first-order valence-electron chi connectivity index (χ1n) is 4.07. The highest BCUT2D eigenvalue weighted by atomic mass is 35.7. The van der Waals surface area contributed by atoms with Crippen molar-refractivity contribution >= 4 is 31.7 Å². The Labute approximate surface area is 101 Å². The lowest BCUT2D eigenvalue weighted by Gasteiger charge is -2.05. The molecule has 0 heterocycles. The SMILES string of the molecule is COc1cc(C=O)cc(S(=O)(=O)Cl)c1[N+](=O)[O-]. The summed E-state index contributed by atoms with van der Waals surface area (Å²) in [5.41, 5.74) is -0.889. The van der Waals surface area contributed by atoms with Crippen LogP contribution in [0.15, 0.2) is 17.0 Å². The Kier molecular flexibility index (Phi) is 3.69. The number of carbonyl (C=O) groups is 1. The summed E-state index contributed by atoms with van der Waals surface area (Å²) in [6, 6.07) is 1.87. The predicted octanol–water partition coefficient (Wildman–Crippen LogP) is 1.34. The summed E-state index contributed by atoms with van der Waals surface area (Å²) < 4.78 is 27.0. The molecule has 17 heavy (non-hydrogen) atoms. The number of carbonyl (C=O) groups excluding carboxylic acids is 1. The van der Waals surface area contributed by atoms with E-state index in [-0.39, 0.29) is 11.3 Å². The van der Waals surface area contributed by atoms with Gasteiger partial charge in [0.15, 0.2) is 10.6 Å². The molecule has 0 aromatic heterocycles. The molecular formula is C8H6ClNO6S. The second kappa shape index (κ2) is 4.68. The molecule has 1 aromatic carbocycles. The lowest BCUT2D eigenvalue weighted by Crippen LogP contribution is -2.03. The first kappa shape index (κ1) is 13.4. The molecule has 0 N–H and O–H groups in total. The van der Waals surface area contributed by atoms with E-state index in [0.717, 1.165) is 19.2 Å². The quantitative estimate of drug-likeness (QED) is 0.356. The van der Waals surface area contributed by atoms with Gasteiger partial charge in [-0.15, -0.1) is 0 Å². The molecule has 0 spiro atoms. The zero-order valence-electron chi connectivity index (χ0n) is 8.41. The molecule has 0 fully saturated rings. The van der Waals surface area contributed by atoms with Gasteiger partial charge < -0.3 is 4.74 Å². The molecule has 92 valence electrons. The van der Waals surface area contributed by atoms with Crippen molar-refractivity contribution in [3.8, 4) is 5.75 Å². The first-order valence-corrected chi connectivity index (χ1v) is 6.38. The molecule has 0 aliphatic carbocycles. The highest BCUT2D eigenvalue weighted by molar-refractivity contribution is 8.13. The predicted molar refractivity (Wildman–Crippen MR) is 58.1 cm³/mol. The maximum absolute atomic E-state index is 11.2. The van der Waals surface area contributed by atoms with E-state index >= 15 is 0 Å². The molecule has 1 rings (SSSR count). The topological polar surface area (TPSA) is 104 Å².